The number of aliphatic hydroxyl groups excluding tert-OH is 1. The summed E-state index contributed by atoms with van der Waals surface area (Å²) in [6.07, 6.45) is 0. The molecule has 0 aliphatic carbocycles. The first-order chi connectivity index (χ1) is 14.2. The fourth-order valence-electron chi connectivity index (χ4n) is 3.64. The lowest BCUT2D eigenvalue weighted by Crippen LogP contribution is -2.27. The monoisotopic (exact) mass is 416 g/mol. The standard InChI is InChI=1S/C26H25OPS/c1-21(19-27)26-18-17-25(29-26)20-28(22-11-5-2-6-12-22,23-13-7-3-8-14-23)24-15-9-4-10-16-24/h2-18,20-21,27H,19H2,1H3. The van der Waals surface area contributed by atoms with Crippen molar-refractivity contribution in [3.05, 3.63) is 113 Å². The largest absolute Gasteiger partial charge is 0.396 e. The number of rotatable bonds is 6. The summed E-state index contributed by atoms with van der Waals surface area (Å²) in [5, 5.41) is 13.6. The fourth-order valence-corrected chi connectivity index (χ4v) is 8.89. The Morgan fingerprint density at radius 2 is 1.17 bits per heavy atom. The van der Waals surface area contributed by atoms with Crippen LogP contribution in [0.15, 0.2) is 103 Å². The summed E-state index contributed by atoms with van der Waals surface area (Å²) in [5.41, 5.74) is 0. The van der Waals surface area contributed by atoms with Gasteiger partial charge in [-0.1, -0.05) is 97.9 Å². The van der Waals surface area contributed by atoms with Gasteiger partial charge in [0, 0.05) is 15.7 Å². The van der Waals surface area contributed by atoms with Gasteiger partial charge in [-0.15, -0.1) is 11.3 Å². The van der Waals surface area contributed by atoms with Crippen LogP contribution >= 0.6 is 18.2 Å². The van der Waals surface area contributed by atoms with Crippen molar-refractivity contribution in [3.8, 4) is 0 Å². The van der Waals surface area contributed by atoms with Crippen LogP contribution in [0.5, 0.6) is 0 Å². The smallest absolute Gasteiger partial charge is 0.0504 e. The molecule has 0 aliphatic rings. The van der Waals surface area contributed by atoms with Crippen LogP contribution in [0.2, 0.25) is 0 Å². The first-order valence-electron chi connectivity index (χ1n) is 9.86. The summed E-state index contributed by atoms with van der Waals surface area (Å²) in [6, 6.07) is 37.0. The van der Waals surface area contributed by atoms with E-state index in [1.54, 1.807) is 11.3 Å². The second kappa shape index (κ2) is 8.97. The Bertz CT molecular complexity index is 998. The van der Waals surface area contributed by atoms with Gasteiger partial charge in [-0.25, -0.2) is 0 Å². The van der Waals surface area contributed by atoms with Crippen LogP contribution in [0.4, 0.5) is 0 Å². The van der Waals surface area contributed by atoms with Gasteiger partial charge in [0.05, 0.1) is 6.61 Å². The van der Waals surface area contributed by atoms with Crippen LogP contribution in [-0.4, -0.2) is 17.5 Å². The summed E-state index contributed by atoms with van der Waals surface area (Å²) in [7, 11) is 0. The molecule has 29 heavy (non-hydrogen) atoms. The van der Waals surface area contributed by atoms with E-state index in [1.165, 1.54) is 25.7 Å². The molecule has 0 fully saturated rings. The fraction of sp³-hybridized carbons (Fsp3) is 0.115. The van der Waals surface area contributed by atoms with Crippen LogP contribution in [0, 0.1) is 0 Å². The topological polar surface area (TPSA) is 20.2 Å². The van der Waals surface area contributed by atoms with E-state index in [-0.39, 0.29) is 12.5 Å². The van der Waals surface area contributed by atoms with E-state index in [4.69, 9.17) is 0 Å². The van der Waals surface area contributed by atoms with Crippen LogP contribution in [0.3, 0.4) is 0 Å². The van der Waals surface area contributed by atoms with E-state index >= 15 is 0 Å². The van der Waals surface area contributed by atoms with Gasteiger partial charge in [0.15, 0.2) is 0 Å². The third-order valence-corrected chi connectivity index (χ3v) is 10.7. The van der Waals surface area contributed by atoms with Crippen molar-refractivity contribution in [1.29, 1.82) is 0 Å². The summed E-state index contributed by atoms with van der Waals surface area (Å²) in [6.45, 7) is 0.272. The molecular formula is C26H25OPS. The lowest BCUT2D eigenvalue weighted by molar-refractivity contribution is 0.274. The van der Waals surface area contributed by atoms with Gasteiger partial charge in [-0.3, -0.25) is 0 Å². The molecule has 0 amide bonds. The van der Waals surface area contributed by atoms with Gasteiger partial charge in [0.2, 0.25) is 0 Å². The molecule has 0 bridgehead atoms. The maximum absolute atomic E-state index is 9.57. The van der Waals surface area contributed by atoms with Crippen molar-refractivity contribution in [2.75, 3.05) is 6.61 Å². The molecule has 0 saturated carbocycles. The minimum Gasteiger partial charge on any atom is -0.396 e. The van der Waals surface area contributed by atoms with Gasteiger partial charge in [0.1, 0.15) is 0 Å². The maximum Gasteiger partial charge on any atom is 0.0504 e. The zero-order chi connectivity index (χ0) is 20.1. The minimum atomic E-state index is -1.98. The lowest BCUT2D eigenvalue weighted by Gasteiger charge is -2.28. The molecule has 1 aromatic heterocycles. The van der Waals surface area contributed by atoms with Crippen molar-refractivity contribution in [1.82, 2.24) is 0 Å². The molecule has 1 N–H and O–H groups in total. The summed E-state index contributed by atoms with van der Waals surface area (Å²) in [5.74, 6) is 2.66. The van der Waals surface area contributed by atoms with Gasteiger partial charge >= 0.3 is 0 Å². The van der Waals surface area contributed by atoms with Gasteiger partial charge in [-0.2, -0.15) is 0 Å². The van der Waals surface area contributed by atoms with E-state index in [1.807, 2.05) is 0 Å². The average Bonchev–Trinajstić information content (AvgIpc) is 3.27. The van der Waals surface area contributed by atoms with Gasteiger partial charge in [-0.05, 0) is 40.7 Å². The van der Waals surface area contributed by atoms with Crippen molar-refractivity contribution >= 4 is 39.9 Å². The second-order valence-electron chi connectivity index (χ2n) is 7.18. The molecule has 1 heterocycles. The van der Waals surface area contributed by atoms with Crippen molar-refractivity contribution < 1.29 is 5.11 Å². The Kier molecular flexibility index (Phi) is 6.16. The number of benzene rings is 3. The highest BCUT2D eigenvalue weighted by molar-refractivity contribution is 7.94. The predicted octanol–water partition coefficient (Wildman–Crippen LogP) is 4.99. The summed E-state index contributed by atoms with van der Waals surface area (Å²) in [4.78, 5) is 2.48. The molecule has 146 valence electrons. The molecule has 0 radical (unpaired) electrons. The van der Waals surface area contributed by atoms with Crippen LogP contribution < -0.4 is 15.9 Å². The molecule has 4 aromatic rings. The Morgan fingerprint density at radius 1 is 0.724 bits per heavy atom. The molecule has 0 saturated heterocycles. The highest BCUT2D eigenvalue weighted by atomic mass is 32.1. The van der Waals surface area contributed by atoms with Crippen LogP contribution in [-0.2, 0) is 0 Å². The average molecular weight is 417 g/mol. The first-order valence-corrected chi connectivity index (χ1v) is 12.5. The lowest BCUT2D eigenvalue weighted by atomic mass is 10.1. The highest BCUT2D eigenvalue weighted by Gasteiger charge is 2.25. The first kappa shape index (κ1) is 19.9. The quantitative estimate of drug-likeness (QED) is 0.439. The predicted molar refractivity (Wildman–Crippen MR) is 130 cm³/mol. The third kappa shape index (κ3) is 4.02. The highest BCUT2D eigenvalue weighted by Crippen LogP contribution is 2.45. The Hall–Kier alpha value is -2.38. The number of aliphatic hydroxyl groups is 1. The van der Waals surface area contributed by atoms with E-state index in [0.717, 1.165) is 0 Å². The Labute approximate surface area is 177 Å². The van der Waals surface area contributed by atoms with Gasteiger partial charge in [0.25, 0.3) is 0 Å². The van der Waals surface area contributed by atoms with Gasteiger partial charge < -0.3 is 5.11 Å². The minimum absolute atomic E-state index is 0.167. The molecular weight excluding hydrogens is 391 g/mol. The van der Waals surface area contributed by atoms with Crippen LogP contribution in [0.25, 0.3) is 0 Å². The Balaban J connectivity index is 2.04. The molecule has 3 heteroatoms. The van der Waals surface area contributed by atoms with Crippen molar-refractivity contribution in [2.24, 2.45) is 0 Å². The maximum atomic E-state index is 9.57. The van der Waals surface area contributed by atoms with E-state index in [0.29, 0.717) is 0 Å². The third-order valence-electron chi connectivity index (χ3n) is 5.22. The number of hydrogen-bond acceptors (Lipinski definition) is 2. The van der Waals surface area contributed by atoms with Crippen LogP contribution in [0.1, 0.15) is 22.6 Å². The van der Waals surface area contributed by atoms with E-state index < -0.39 is 6.89 Å². The van der Waals surface area contributed by atoms with E-state index in [9.17, 15) is 5.11 Å². The molecule has 1 unspecified atom stereocenters. The number of hydrogen-bond donors (Lipinski definition) is 1. The molecule has 1 nitrogen and oxygen atoms in total. The second-order valence-corrected chi connectivity index (χ2v) is 11.6. The molecule has 0 aliphatic heterocycles. The van der Waals surface area contributed by atoms with Crippen molar-refractivity contribution in [3.63, 3.8) is 0 Å². The number of thiophene rings is 1. The molecule has 3 aromatic carbocycles. The molecule has 1 atom stereocenters. The zero-order valence-corrected chi connectivity index (χ0v) is 18.2. The molecule has 0 spiro atoms. The summed E-state index contributed by atoms with van der Waals surface area (Å²) >= 11 is 1.79. The SMILES string of the molecule is CC(CO)c1ccc(C=P(c2ccccc2)(c2ccccc2)c2ccccc2)s1. The summed E-state index contributed by atoms with van der Waals surface area (Å²) < 4.78 is 0. The van der Waals surface area contributed by atoms with E-state index in [2.05, 4.69) is 116 Å². The Morgan fingerprint density at radius 3 is 1.59 bits per heavy atom. The zero-order valence-electron chi connectivity index (χ0n) is 16.5. The normalized spacial score (nSPS) is 12.5. The molecule has 4 rings (SSSR count). The van der Waals surface area contributed by atoms with Crippen molar-refractivity contribution in [2.45, 2.75) is 12.8 Å².